The van der Waals surface area contributed by atoms with Gasteiger partial charge in [0.15, 0.2) is 0 Å². The van der Waals surface area contributed by atoms with Crippen LogP contribution in [0.15, 0.2) is 93.2 Å². The van der Waals surface area contributed by atoms with Crippen LogP contribution in [0.2, 0.25) is 0 Å². The molecule has 132 valence electrons. The minimum absolute atomic E-state index is 0.145. The number of nitrogens with one attached hydrogen (secondary N) is 1. The van der Waals surface area contributed by atoms with Crippen molar-refractivity contribution in [2.75, 3.05) is 5.43 Å². The third-order valence-corrected chi connectivity index (χ3v) is 4.57. The molecule has 0 saturated heterocycles. The Bertz CT molecular complexity index is 1170. The van der Waals surface area contributed by atoms with Crippen molar-refractivity contribution in [1.29, 1.82) is 0 Å². The molecule has 1 aromatic heterocycles. The second-order valence-corrected chi connectivity index (χ2v) is 6.77. The van der Waals surface area contributed by atoms with E-state index in [9.17, 15) is 4.79 Å². The number of hydrazone groups is 1. The zero-order valence-electron chi connectivity index (χ0n) is 14.2. The van der Waals surface area contributed by atoms with Crippen molar-refractivity contribution in [3.05, 3.63) is 99.3 Å². The largest absolute Gasteiger partial charge is 0.268 e. The van der Waals surface area contributed by atoms with Crippen molar-refractivity contribution in [3.8, 4) is 5.69 Å². The molecular formula is C21H15BrN4O. The van der Waals surface area contributed by atoms with Crippen LogP contribution >= 0.6 is 15.9 Å². The molecule has 0 amide bonds. The highest BCUT2D eigenvalue weighted by molar-refractivity contribution is 9.10. The molecule has 0 aliphatic heterocycles. The van der Waals surface area contributed by atoms with E-state index >= 15 is 0 Å². The smallest absolute Gasteiger partial charge is 0.267 e. The van der Waals surface area contributed by atoms with Gasteiger partial charge in [-0.2, -0.15) is 5.10 Å². The van der Waals surface area contributed by atoms with Gasteiger partial charge in [-0.15, -0.1) is 0 Å². The Hall–Kier alpha value is -3.25. The third kappa shape index (κ3) is 3.66. The van der Waals surface area contributed by atoms with Gasteiger partial charge in [-0.3, -0.25) is 4.79 Å². The van der Waals surface area contributed by atoms with Gasteiger partial charge in [-0.25, -0.2) is 15.0 Å². The molecule has 3 aromatic carbocycles. The number of hydrogen-bond acceptors (Lipinski definition) is 4. The number of para-hydroxylation sites is 2. The van der Waals surface area contributed by atoms with Gasteiger partial charge in [-0.1, -0.05) is 58.4 Å². The fourth-order valence-corrected chi connectivity index (χ4v) is 3.00. The highest BCUT2D eigenvalue weighted by Gasteiger charge is 2.11. The Morgan fingerprint density at radius 3 is 2.41 bits per heavy atom. The maximum absolute atomic E-state index is 13.0. The predicted molar refractivity (Wildman–Crippen MR) is 113 cm³/mol. The van der Waals surface area contributed by atoms with Crippen molar-refractivity contribution in [3.63, 3.8) is 0 Å². The lowest BCUT2D eigenvalue weighted by Crippen LogP contribution is -2.22. The van der Waals surface area contributed by atoms with Gasteiger partial charge in [0.05, 0.1) is 22.8 Å². The van der Waals surface area contributed by atoms with Gasteiger partial charge >= 0.3 is 0 Å². The van der Waals surface area contributed by atoms with Gasteiger partial charge in [0.25, 0.3) is 5.56 Å². The number of benzene rings is 3. The van der Waals surface area contributed by atoms with Crippen LogP contribution < -0.4 is 11.0 Å². The van der Waals surface area contributed by atoms with Crippen molar-refractivity contribution < 1.29 is 0 Å². The first kappa shape index (κ1) is 17.2. The Morgan fingerprint density at radius 1 is 0.926 bits per heavy atom. The van der Waals surface area contributed by atoms with Gasteiger partial charge in [-0.05, 0) is 42.0 Å². The summed E-state index contributed by atoms with van der Waals surface area (Å²) in [5.74, 6) is 0.360. The molecule has 1 N–H and O–H groups in total. The number of rotatable bonds is 4. The SMILES string of the molecule is O=c1c2ccccc2nc(N/N=C/c2ccc(Br)cc2)n1-c1ccccc1. The summed E-state index contributed by atoms with van der Waals surface area (Å²) < 4.78 is 2.53. The first-order valence-electron chi connectivity index (χ1n) is 8.34. The van der Waals surface area contributed by atoms with E-state index in [-0.39, 0.29) is 5.56 Å². The Balaban J connectivity index is 1.78. The fraction of sp³-hybridized carbons (Fsp3) is 0. The molecule has 0 saturated carbocycles. The van der Waals surface area contributed by atoms with Crippen molar-refractivity contribution in [2.45, 2.75) is 0 Å². The molecule has 0 aliphatic carbocycles. The molecule has 0 fully saturated rings. The van der Waals surface area contributed by atoms with E-state index < -0.39 is 0 Å². The normalized spacial score (nSPS) is 11.1. The highest BCUT2D eigenvalue weighted by atomic mass is 79.9. The molecule has 0 spiro atoms. The van der Waals surface area contributed by atoms with E-state index in [2.05, 4.69) is 31.4 Å². The lowest BCUT2D eigenvalue weighted by molar-refractivity contribution is 0.956. The van der Waals surface area contributed by atoms with Crippen molar-refractivity contribution >= 4 is 39.0 Å². The summed E-state index contributed by atoms with van der Waals surface area (Å²) in [5.41, 5.74) is 5.05. The van der Waals surface area contributed by atoms with E-state index in [1.165, 1.54) is 4.57 Å². The van der Waals surface area contributed by atoms with Crippen LogP contribution in [-0.2, 0) is 0 Å². The molecule has 0 atom stereocenters. The zero-order chi connectivity index (χ0) is 18.6. The quantitative estimate of drug-likeness (QED) is 0.389. The molecule has 0 bridgehead atoms. The molecular weight excluding hydrogens is 404 g/mol. The molecule has 0 radical (unpaired) electrons. The van der Waals surface area contributed by atoms with E-state index in [4.69, 9.17) is 0 Å². The summed E-state index contributed by atoms with van der Waals surface area (Å²) in [7, 11) is 0. The first-order chi connectivity index (χ1) is 13.2. The lowest BCUT2D eigenvalue weighted by Gasteiger charge is -2.12. The van der Waals surface area contributed by atoms with Crippen LogP contribution in [-0.4, -0.2) is 15.8 Å². The minimum atomic E-state index is -0.145. The Morgan fingerprint density at radius 2 is 1.63 bits per heavy atom. The van der Waals surface area contributed by atoms with Crippen molar-refractivity contribution in [1.82, 2.24) is 9.55 Å². The summed E-state index contributed by atoms with van der Waals surface area (Å²) in [5, 5.41) is 4.82. The standard InChI is InChI=1S/C21H15BrN4O/c22-16-12-10-15(11-13-16)14-23-25-21-24-19-9-5-4-8-18(19)20(27)26(21)17-6-2-1-3-7-17/h1-14H,(H,24,25)/b23-14+. The monoisotopic (exact) mass is 418 g/mol. The number of halogens is 1. The second-order valence-electron chi connectivity index (χ2n) is 5.85. The number of fused-ring (bicyclic) bond motifs is 1. The summed E-state index contributed by atoms with van der Waals surface area (Å²) in [6.45, 7) is 0. The predicted octanol–water partition coefficient (Wildman–Crippen LogP) is 4.59. The van der Waals surface area contributed by atoms with Crippen molar-refractivity contribution in [2.24, 2.45) is 5.10 Å². The van der Waals surface area contributed by atoms with Crippen LogP contribution in [0, 0.1) is 0 Å². The van der Waals surface area contributed by atoms with E-state index in [0.717, 1.165) is 15.7 Å². The zero-order valence-corrected chi connectivity index (χ0v) is 15.8. The molecule has 0 unspecified atom stereocenters. The summed E-state index contributed by atoms with van der Waals surface area (Å²) in [4.78, 5) is 17.6. The maximum atomic E-state index is 13.0. The van der Waals surface area contributed by atoms with Crippen LogP contribution in [0.3, 0.4) is 0 Å². The van der Waals surface area contributed by atoms with Crippen LogP contribution in [0.1, 0.15) is 5.56 Å². The summed E-state index contributed by atoms with van der Waals surface area (Å²) in [6.07, 6.45) is 1.68. The van der Waals surface area contributed by atoms with Gasteiger partial charge in [0, 0.05) is 4.47 Å². The second kappa shape index (κ2) is 7.55. The molecule has 27 heavy (non-hydrogen) atoms. The first-order valence-corrected chi connectivity index (χ1v) is 9.13. The molecule has 1 heterocycles. The Kier molecular flexibility index (Phi) is 4.80. The summed E-state index contributed by atoms with van der Waals surface area (Å²) >= 11 is 3.41. The average Bonchev–Trinajstić information content (AvgIpc) is 2.70. The van der Waals surface area contributed by atoms with Crippen LogP contribution in [0.5, 0.6) is 0 Å². The third-order valence-electron chi connectivity index (χ3n) is 4.04. The van der Waals surface area contributed by atoms with Gasteiger partial charge in [0.2, 0.25) is 5.95 Å². The number of anilines is 1. The van der Waals surface area contributed by atoms with Crippen LogP contribution in [0.4, 0.5) is 5.95 Å². The molecule has 0 aliphatic rings. The topological polar surface area (TPSA) is 59.3 Å². The number of aromatic nitrogens is 2. The molecule has 4 rings (SSSR count). The number of hydrogen-bond donors (Lipinski definition) is 1. The van der Waals surface area contributed by atoms with Gasteiger partial charge in [0.1, 0.15) is 0 Å². The molecule has 4 aromatic rings. The van der Waals surface area contributed by atoms with E-state index in [0.29, 0.717) is 16.9 Å². The number of nitrogens with zero attached hydrogens (tertiary/aromatic N) is 3. The average molecular weight is 419 g/mol. The Labute approximate surface area is 164 Å². The van der Waals surface area contributed by atoms with E-state index in [1.807, 2.05) is 72.8 Å². The van der Waals surface area contributed by atoms with E-state index in [1.54, 1.807) is 12.3 Å². The lowest BCUT2D eigenvalue weighted by atomic mass is 10.2. The minimum Gasteiger partial charge on any atom is -0.268 e. The highest BCUT2D eigenvalue weighted by Crippen LogP contribution is 2.16. The van der Waals surface area contributed by atoms with Gasteiger partial charge < -0.3 is 0 Å². The van der Waals surface area contributed by atoms with Crippen LogP contribution in [0.25, 0.3) is 16.6 Å². The maximum Gasteiger partial charge on any atom is 0.267 e. The molecule has 6 heteroatoms. The fourth-order valence-electron chi connectivity index (χ4n) is 2.74. The molecule has 5 nitrogen and oxygen atoms in total. The summed E-state index contributed by atoms with van der Waals surface area (Å²) in [6, 6.07) is 24.4.